The number of benzene rings is 1. The minimum Gasteiger partial charge on any atom is -0.506 e. The van der Waals surface area contributed by atoms with Gasteiger partial charge in [-0.2, -0.15) is 0 Å². The van der Waals surface area contributed by atoms with Gasteiger partial charge in [0.1, 0.15) is 5.75 Å². The van der Waals surface area contributed by atoms with E-state index in [1.807, 2.05) is 18.2 Å². The summed E-state index contributed by atoms with van der Waals surface area (Å²) >= 11 is 0. The van der Waals surface area contributed by atoms with Gasteiger partial charge in [0.15, 0.2) is 11.5 Å². The molecule has 0 saturated heterocycles. The van der Waals surface area contributed by atoms with Gasteiger partial charge in [0.2, 0.25) is 0 Å². The van der Waals surface area contributed by atoms with Gasteiger partial charge < -0.3 is 19.9 Å². The zero-order valence-electron chi connectivity index (χ0n) is 12.5. The molecule has 2 N–H and O–H groups in total. The van der Waals surface area contributed by atoms with Crippen LogP contribution in [0.5, 0.6) is 17.2 Å². The number of rotatable bonds is 6. The zero-order chi connectivity index (χ0) is 15.2. The number of methoxy groups -OCH3 is 2. The fraction of sp³-hybridized carbons (Fsp3) is 0.312. The average Bonchev–Trinajstić information content (AvgIpc) is 2.53. The van der Waals surface area contributed by atoms with Gasteiger partial charge in [-0.3, -0.25) is 4.98 Å². The molecule has 2 aromatic rings. The lowest BCUT2D eigenvalue weighted by Gasteiger charge is -2.16. The third-order valence-electron chi connectivity index (χ3n) is 3.31. The maximum Gasteiger partial charge on any atom is 0.161 e. The van der Waals surface area contributed by atoms with Crippen molar-refractivity contribution in [3.8, 4) is 17.2 Å². The van der Waals surface area contributed by atoms with Crippen molar-refractivity contribution >= 4 is 0 Å². The summed E-state index contributed by atoms with van der Waals surface area (Å²) in [5, 5.41) is 12.6. The van der Waals surface area contributed by atoms with Gasteiger partial charge in [0.05, 0.1) is 26.1 Å². The molecule has 0 radical (unpaired) electrons. The second-order valence-electron chi connectivity index (χ2n) is 4.72. The summed E-state index contributed by atoms with van der Waals surface area (Å²) in [6.07, 6.45) is 1.44. The number of nitrogens with zero attached hydrogens (tertiary/aromatic N) is 1. The molecule has 0 aliphatic rings. The number of aromatic nitrogens is 1. The minimum absolute atomic E-state index is 0.139. The summed E-state index contributed by atoms with van der Waals surface area (Å²) in [4.78, 5) is 4.15. The normalized spacial score (nSPS) is 12.0. The fourth-order valence-corrected chi connectivity index (χ4v) is 2.02. The predicted molar refractivity (Wildman–Crippen MR) is 80.7 cm³/mol. The highest BCUT2D eigenvalue weighted by Gasteiger charge is 2.10. The van der Waals surface area contributed by atoms with Gasteiger partial charge in [-0.1, -0.05) is 6.07 Å². The Morgan fingerprint density at radius 3 is 2.52 bits per heavy atom. The Morgan fingerprint density at radius 1 is 1.14 bits per heavy atom. The van der Waals surface area contributed by atoms with Crippen molar-refractivity contribution in [3.63, 3.8) is 0 Å². The Balaban J connectivity index is 2.02. The zero-order valence-corrected chi connectivity index (χ0v) is 12.5. The molecular formula is C16H20N2O3. The third-order valence-corrected chi connectivity index (χ3v) is 3.31. The minimum atomic E-state index is 0.139. The Hall–Kier alpha value is -2.27. The molecule has 1 heterocycles. The second kappa shape index (κ2) is 6.95. The largest absolute Gasteiger partial charge is 0.506 e. The lowest BCUT2D eigenvalue weighted by atomic mass is 10.1. The average molecular weight is 288 g/mol. The van der Waals surface area contributed by atoms with Crippen molar-refractivity contribution in [2.24, 2.45) is 0 Å². The molecule has 1 aromatic carbocycles. The fourth-order valence-electron chi connectivity index (χ4n) is 2.02. The summed E-state index contributed by atoms with van der Waals surface area (Å²) in [5.41, 5.74) is 1.98. The van der Waals surface area contributed by atoms with Crippen molar-refractivity contribution in [2.75, 3.05) is 14.2 Å². The van der Waals surface area contributed by atoms with E-state index in [1.165, 1.54) is 6.20 Å². The Morgan fingerprint density at radius 2 is 1.90 bits per heavy atom. The first-order valence-corrected chi connectivity index (χ1v) is 6.73. The van der Waals surface area contributed by atoms with E-state index in [2.05, 4.69) is 17.2 Å². The third kappa shape index (κ3) is 3.86. The van der Waals surface area contributed by atoms with Crippen molar-refractivity contribution in [3.05, 3.63) is 47.8 Å². The molecule has 0 bridgehead atoms. The van der Waals surface area contributed by atoms with Crippen molar-refractivity contribution in [1.82, 2.24) is 10.3 Å². The summed E-state index contributed by atoms with van der Waals surface area (Å²) in [7, 11) is 3.25. The van der Waals surface area contributed by atoms with Crippen LogP contribution in [0.4, 0.5) is 0 Å². The molecule has 21 heavy (non-hydrogen) atoms. The summed E-state index contributed by atoms with van der Waals surface area (Å²) < 4.78 is 10.5. The first-order chi connectivity index (χ1) is 10.1. The van der Waals surface area contributed by atoms with Gasteiger partial charge in [0, 0.05) is 12.6 Å². The molecule has 112 valence electrons. The van der Waals surface area contributed by atoms with Crippen LogP contribution in [0.25, 0.3) is 0 Å². The van der Waals surface area contributed by atoms with E-state index in [0.29, 0.717) is 18.0 Å². The SMILES string of the molecule is COc1ccc(C(C)NCc2ccc(O)cn2)cc1OC. The van der Waals surface area contributed by atoms with E-state index in [9.17, 15) is 5.11 Å². The molecular weight excluding hydrogens is 268 g/mol. The molecule has 1 aromatic heterocycles. The van der Waals surface area contributed by atoms with Crippen LogP contribution in [0.1, 0.15) is 24.2 Å². The number of hydrogen-bond acceptors (Lipinski definition) is 5. The first kappa shape index (κ1) is 15.1. The van der Waals surface area contributed by atoms with Crippen molar-refractivity contribution in [1.29, 1.82) is 0 Å². The highest BCUT2D eigenvalue weighted by molar-refractivity contribution is 5.43. The van der Waals surface area contributed by atoms with Crippen LogP contribution in [-0.2, 0) is 6.54 Å². The number of hydrogen-bond donors (Lipinski definition) is 2. The number of pyridine rings is 1. The van der Waals surface area contributed by atoms with Crippen LogP contribution in [0.15, 0.2) is 36.5 Å². The molecule has 5 nitrogen and oxygen atoms in total. The molecule has 0 fully saturated rings. The maximum absolute atomic E-state index is 9.21. The highest BCUT2D eigenvalue weighted by atomic mass is 16.5. The molecule has 0 saturated carbocycles. The van der Waals surface area contributed by atoms with Crippen LogP contribution in [-0.4, -0.2) is 24.3 Å². The van der Waals surface area contributed by atoms with Crippen molar-refractivity contribution < 1.29 is 14.6 Å². The smallest absolute Gasteiger partial charge is 0.161 e. The summed E-state index contributed by atoms with van der Waals surface area (Å²) in [5.74, 6) is 1.60. The number of aromatic hydroxyl groups is 1. The lowest BCUT2D eigenvalue weighted by molar-refractivity contribution is 0.354. The number of ether oxygens (including phenoxy) is 2. The highest BCUT2D eigenvalue weighted by Crippen LogP contribution is 2.29. The standard InChI is InChI=1S/C16H20N2O3/c1-11(17-9-13-5-6-14(19)10-18-13)12-4-7-15(20-2)16(8-12)21-3/h4-8,10-11,17,19H,9H2,1-3H3. The van der Waals surface area contributed by atoms with E-state index < -0.39 is 0 Å². The molecule has 0 amide bonds. The Labute approximate surface area is 124 Å². The van der Waals surface area contributed by atoms with E-state index in [-0.39, 0.29) is 11.8 Å². The van der Waals surface area contributed by atoms with Gasteiger partial charge in [-0.15, -0.1) is 0 Å². The van der Waals surface area contributed by atoms with Gasteiger partial charge in [0.25, 0.3) is 0 Å². The topological polar surface area (TPSA) is 63.6 Å². The Bertz CT molecular complexity index is 585. The Kier molecular flexibility index (Phi) is 5.00. The molecule has 1 unspecified atom stereocenters. The first-order valence-electron chi connectivity index (χ1n) is 6.73. The van der Waals surface area contributed by atoms with Gasteiger partial charge >= 0.3 is 0 Å². The molecule has 5 heteroatoms. The molecule has 1 atom stereocenters. The van der Waals surface area contributed by atoms with Crippen molar-refractivity contribution in [2.45, 2.75) is 19.5 Å². The van der Waals surface area contributed by atoms with Crippen LogP contribution in [0.3, 0.4) is 0 Å². The lowest BCUT2D eigenvalue weighted by Crippen LogP contribution is -2.18. The van der Waals surface area contributed by atoms with Crippen LogP contribution in [0, 0.1) is 0 Å². The van der Waals surface area contributed by atoms with Crippen LogP contribution < -0.4 is 14.8 Å². The quantitative estimate of drug-likeness (QED) is 0.855. The molecule has 2 rings (SSSR count). The molecule has 0 aliphatic heterocycles. The second-order valence-corrected chi connectivity index (χ2v) is 4.72. The van der Waals surface area contributed by atoms with E-state index >= 15 is 0 Å². The van der Waals surface area contributed by atoms with E-state index in [4.69, 9.17) is 9.47 Å². The van der Waals surface area contributed by atoms with E-state index in [0.717, 1.165) is 11.3 Å². The number of nitrogens with one attached hydrogen (secondary N) is 1. The maximum atomic E-state index is 9.21. The summed E-state index contributed by atoms with van der Waals surface area (Å²) in [6, 6.07) is 9.42. The van der Waals surface area contributed by atoms with Crippen LogP contribution in [0.2, 0.25) is 0 Å². The van der Waals surface area contributed by atoms with Crippen LogP contribution >= 0.6 is 0 Å². The summed E-state index contributed by atoms with van der Waals surface area (Å²) in [6.45, 7) is 2.69. The predicted octanol–water partition coefficient (Wildman–Crippen LogP) is 2.66. The molecule has 0 spiro atoms. The monoisotopic (exact) mass is 288 g/mol. The van der Waals surface area contributed by atoms with E-state index in [1.54, 1.807) is 26.4 Å². The van der Waals surface area contributed by atoms with Gasteiger partial charge in [-0.05, 0) is 36.8 Å². The molecule has 0 aliphatic carbocycles. The van der Waals surface area contributed by atoms with Gasteiger partial charge in [-0.25, -0.2) is 0 Å².